The van der Waals surface area contributed by atoms with Gasteiger partial charge in [0.25, 0.3) is 0 Å². The van der Waals surface area contributed by atoms with Crippen molar-refractivity contribution in [3.63, 3.8) is 0 Å². The lowest BCUT2D eigenvalue weighted by Gasteiger charge is -2.30. The van der Waals surface area contributed by atoms with Crippen molar-refractivity contribution in [2.75, 3.05) is 21.2 Å². The molecule has 0 saturated heterocycles. The first kappa shape index (κ1) is 10.5. The van der Waals surface area contributed by atoms with E-state index >= 15 is 0 Å². The maximum Gasteiger partial charge on any atom is 0.122 e. The molecule has 2 rings (SSSR count). The fraction of sp³-hybridized carbons (Fsp3) is 0.538. The van der Waals surface area contributed by atoms with E-state index in [1.807, 2.05) is 0 Å². The highest BCUT2D eigenvalue weighted by atomic mass is 16.5. The molecule has 1 aliphatic rings. The zero-order valence-electron chi connectivity index (χ0n) is 9.79. The summed E-state index contributed by atoms with van der Waals surface area (Å²) in [5, 5.41) is 0. The van der Waals surface area contributed by atoms with Gasteiger partial charge in [-0.25, -0.2) is 0 Å². The third kappa shape index (κ3) is 2.00. The van der Waals surface area contributed by atoms with Gasteiger partial charge in [-0.2, -0.15) is 0 Å². The van der Waals surface area contributed by atoms with Crippen LogP contribution in [0.2, 0.25) is 0 Å². The fourth-order valence-electron chi connectivity index (χ4n) is 2.37. The Hall–Kier alpha value is -1.02. The van der Waals surface area contributed by atoms with Crippen LogP contribution in [0.4, 0.5) is 0 Å². The Kier molecular flexibility index (Phi) is 2.96. The number of hydrogen-bond donors (Lipinski definition) is 0. The van der Waals surface area contributed by atoms with Crippen molar-refractivity contribution in [2.45, 2.75) is 25.3 Å². The van der Waals surface area contributed by atoms with Gasteiger partial charge >= 0.3 is 0 Å². The summed E-state index contributed by atoms with van der Waals surface area (Å²) in [5.41, 5.74) is 2.87. The molecule has 1 aromatic carbocycles. The quantitative estimate of drug-likeness (QED) is 0.733. The van der Waals surface area contributed by atoms with Crippen LogP contribution in [0.25, 0.3) is 0 Å². The van der Waals surface area contributed by atoms with Gasteiger partial charge in [-0.3, -0.25) is 0 Å². The SMILES string of the molecule is COc1cccc2c1C[C@H](N(C)C)CC2. The maximum absolute atomic E-state index is 5.42. The Balaban J connectivity index is 2.30. The van der Waals surface area contributed by atoms with Crippen LogP contribution in [0.5, 0.6) is 5.75 Å². The van der Waals surface area contributed by atoms with E-state index in [0.717, 1.165) is 12.2 Å². The summed E-state index contributed by atoms with van der Waals surface area (Å²) in [4.78, 5) is 2.31. The number of methoxy groups -OCH3 is 1. The van der Waals surface area contributed by atoms with Crippen LogP contribution in [-0.2, 0) is 12.8 Å². The minimum absolute atomic E-state index is 0.661. The highest BCUT2D eigenvalue weighted by molar-refractivity contribution is 5.42. The van der Waals surface area contributed by atoms with E-state index in [2.05, 4.69) is 37.2 Å². The van der Waals surface area contributed by atoms with E-state index in [1.54, 1.807) is 7.11 Å². The zero-order valence-corrected chi connectivity index (χ0v) is 9.79. The normalized spacial score (nSPS) is 20.1. The van der Waals surface area contributed by atoms with Gasteiger partial charge in [-0.15, -0.1) is 0 Å². The van der Waals surface area contributed by atoms with Crippen molar-refractivity contribution in [3.8, 4) is 5.75 Å². The molecule has 0 fully saturated rings. The first-order valence-corrected chi connectivity index (χ1v) is 5.53. The third-order valence-electron chi connectivity index (χ3n) is 3.37. The second-order valence-electron chi connectivity index (χ2n) is 4.46. The first-order valence-electron chi connectivity index (χ1n) is 5.53. The summed E-state index contributed by atoms with van der Waals surface area (Å²) in [6.45, 7) is 0. The zero-order chi connectivity index (χ0) is 10.8. The van der Waals surface area contributed by atoms with Gasteiger partial charge in [-0.05, 0) is 50.6 Å². The summed E-state index contributed by atoms with van der Waals surface area (Å²) in [5.74, 6) is 1.05. The lowest BCUT2D eigenvalue weighted by atomic mass is 9.87. The number of nitrogens with zero attached hydrogens (tertiary/aromatic N) is 1. The number of likely N-dealkylation sites (N-methyl/N-ethyl adjacent to an activating group) is 1. The van der Waals surface area contributed by atoms with E-state index < -0.39 is 0 Å². The van der Waals surface area contributed by atoms with E-state index in [4.69, 9.17) is 4.74 Å². The molecule has 1 aliphatic carbocycles. The van der Waals surface area contributed by atoms with Gasteiger partial charge in [0.2, 0.25) is 0 Å². The van der Waals surface area contributed by atoms with Gasteiger partial charge in [0.05, 0.1) is 7.11 Å². The minimum Gasteiger partial charge on any atom is -0.496 e. The van der Waals surface area contributed by atoms with Gasteiger partial charge in [0, 0.05) is 6.04 Å². The van der Waals surface area contributed by atoms with Crippen molar-refractivity contribution in [3.05, 3.63) is 29.3 Å². The van der Waals surface area contributed by atoms with E-state index in [9.17, 15) is 0 Å². The van der Waals surface area contributed by atoms with Crippen LogP contribution in [0.3, 0.4) is 0 Å². The van der Waals surface area contributed by atoms with Crippen molar-refractivity contribution >= 4 is 0 Å². The Labute approximate surface area is 91.9 Å². The van der Waals surface area contributed by atoms with Crippen LogP contribution in [0, 0.1) is 0 Å². The lowest BCUT2D eigenvalue weighted by molar-refractivity contribution is 0.264. The molecule has 0 bridgehead atoms. The number of hydrogen-bond acceptors (Lipinski definition) is 2. The second-order valence-corrected chi connectivity index (χ2v) is 4.46. The predicted molar refractivity (Wildman–Crippen MR) is 62.5 cm³/mol. The van der Waals surface area contributed by atoms with Crippen molar-refractivity contribution in [2.24, 2.45) is 0 Å². The molecule has 0 radical (unpaired) electrons. The van der Waals surface area contributed by atoms with E-state index in [1.165, 1.54) is 24.0 Å². The molecule has 0 amide bonds. The summed E-state index contributed by atoms with van der Waals surface area (Å²) in [6, 6.07) is 7.04. The van der Waals surface area contributed by atoms with E-state index in [-0.39, 0.29) is 0 Å². The summed E-state index contributed by atoms with van der Waals surface area (Å²) >= 11 is 0. The molecule has 2 heteroatoms. The molecule has 0 aromatic heterocycles. The van der Waals surface area contributed by atoms with Gasteiger partial charge in [0.1, 0.15) is 5.75 Å². The van der Waals surface area contributed by atoms with Crippen molar-refractivity contribution in [1.29, 1.82) is 0 Å². The monoisotopic (exact) mass is 205 g/mol. The number of ether oxygens (including phenoxy) is 1. The Morgan fingerprint density at radius 2 is 2.13 bits per heavy atom. The third-order valence-corrected chi connectivity index (χ3v) is 3.37. The summed E-state index contributed by atoms with van der Waals surface area (Å²) < 4.78 is 5.42. The smallest absolute Gasteiger partial charge is 0.122 e. The molecule has 82 valence electrons. The second kappa shape index (κ2) is 4.23. The average molecular weight is 205 g/mol. The van der Waals surface area contributed by atoms with Crippen LogP contribution < -0.4 is 4.74 Å². The Bertz CT molecular complexity index is 332. The highest BCUT2D eigenvalue weighted by Gasteiger charge is 2.22. The minimum atomic E-state index is 0.661. The molecule has 0 heterocycles. The largest absolute Gasteiger partial charge is 0.496 e. The summed E-state index contributed by atoms with van der Waals surface area (Å²) in [7, 11) is 6.07. The molecule has 0 saturated carbocycles. The number of rotatable bonds is 2. The highest BCUT2D eigenvalue weighted by Crippen LogP contribution is 2.30. The van der Waals surface area contributed by atoms with Crippen LogP contribution in [-0.4, -0.2) is 32.1 Å². The molecule has 0 unspecified atom stereocenters. The van der Waals surface area contributed by atoms with Crippen molar-refractivity contribution in [1.82, 2.24) is 4.90 Å². The maximum atomic E-state index is 5.42. The summed E-state index contributed by atoms with van der Waals surface area (Å²) in [6.07, 6.45) is 3.55. The van der Waals surface area contributed by atoms with Crippen LogP contribution in [0.15, 0.2) is 18.2 Å². The Morgan fingerprint density at radius 1 is 1.33 bits per heavy atom. The number of benzene rings is 1. The van der Waals surface area contributed by atoms with Crippen LogP contribution >= 0.6 is 0 Å². The number of fused-ring (bicyclic) bond motifs is 1. The molecule has 2 nitrogen and oxygen atoms in total. The molecular formula is C13H19NO. The molecule has 0 aliphatic heterocycles. The average Bonchev–Trinajstić information content (AvgIpc) is 2.27. The molecule has 0 N–H and O–H groups in total. The van der Waals surface area contributed by atoms with E-state index in [0.29, 0.717) is 6.04 Å². The lowest BCUT2D eigenvalue weighted by Crippen LogP contribution is -2.33. The fourth-order valence-corrected chi connectivity index (χ4v) is 2.37. The van der Waals surface area contributed by atoms with Gasteiger partial charge < -0.3 is 9.64 Å². The van der Waals surface area contributed by atoms with Gasteiger partial charge in [0.15, 0.2) is 0 Å². The molecule has 1 aromatic rings. The Morgan fingerprint density at radius 3 is 2.80 bits per heavy atom. The molecule has 0 spiro atoms. The number of aryl methyl sites for hydroxylation is 1. The molecular weight excluding hydrogens is 186 g/mol. The topological polar surface area (TPSA) is 12.5 Å². The predicted octanol–water partition coefficient (Wildman–Crippen LogP) is 2.11. The standard InChI is InChI=1S/C13H19NO/c1-14(2)11-8-7-10-5-4-6-13(15-3)12(10)9-11/h4-6,11H,7-9H2,1-3H3/t11-/m1/s1. The van der Waals surface area contributed by atoms with Gasteiger partial charge in [-0.1, -0.05) is 12.1 Å². The molecule has 1 atom stereocenters. The van der Waals surface area contributed by atoms with Crippen LogP contribution in [0.1, 0.15) is 17.5 Å². The molecule has 15 heavy (non-hydrogen) atoms. The first-order chi connectivity index (χ1) is 7.22. The van der Waals surface area contributed by atoms with Crippen molar-refractivity contribution < 1.29 is 4.74 Å².